The first-order valence-electron chi connectivity index (χ1n) is 5.84. The Balaban J connectivity index is 1.71. The van der Waals surface area contributed by atoms with Crippen LogP contribution in [-0.2, 0) is 14.3 Å². The number of ketones is 1. The number of nitro benzene ring substituents is 1. The van der Waals surface area contributed by atoms with E-state index >= 15 is 0 Å². The first-order valence-corrected chi connectivity index (χ1v) is 6.72. The maximum Gasteiger partial charge on any atom is 0.269 e. The van der Waals surface area contributed by atoms with Gasteiger partial charge in [0.1, 0.15) is 0 Å². The molecule has 2 fully saturated rings. The molecule has 0 unspecified atom stereocenters. The van der Waals surface area contributed by atoms with Gasteiger partial charge in [-0.05, 0) is 12.1 Å². The largest absolute Gasteiger partial charge is 0.343 e. The van der Waals surface area contributed by atoms with Gasteiger partial charge < -0.3 is 9.47 Å². The van der Waals surface area contributed by atoms with Crippen molar-refractivity contribution in [2.45, 2.75) is 29.0 Å². The lowest BCUT2D eigenvalue weighted by atomic mass is 10.1. The van der Waals surface area contributed by atoms with Gasteiger partial charge in [-0.15, -0.1) is 11.8 Å². The highest BCUT2D eigenvalue weighted by molar-refractivity contribution is 8.00. The second-order valence-corrected chi connectivity index (χ2v) is 5.73. The zero-order valence-corrected chi connectivity index (χ0v) is 10.7. The lowest BCUT2D eigenvalue weighted by molar-refractivity contribution is -0.384. The van der Waals surface area contributed by atoms with Crippen LogP contribution in [0.4, 0.5) is 5.69 Å². The first-order chi connectivity index (χ1) is 9.13. The van der Waals surface area contributed by atoms with Gasteiger partial charge in [0.25, 0.3) is 5.69 Å². The minimum Gasteiger partial charge on any atom is -0.343 e. The van der Waals surface area contributed by atoms with E-state index in [1.165, 1.54) is 23.9 Å². The van der Waals surface area contributed by atoms with Gasteiger partial charge in [0.05, 0.1) is 17.6 Å². The molecule has 7 heteroatoms. The third kappa shape index (κ3) is 2.49. The van der Waals surface area contributed by atoms with Crippen molar-refractivity contribution < 1.29 is 19.2 Å². The second kappa shape index (κ2) is 4.92. The van der Waals surface area contributed by atoms with E-state index in [4.69, 9.17) is 9.47 Å². The van der Waals surface area contributed by atoms with Gasteiger partial charge in [0, 0.05) is 28.7 Å². The van der Waals surface area contributed by atoms with Gasteiger partial charge in [-0.1, -0.05) is 0 Å². The maximum atomic E-state index is 11.6. The van der Waals surface area contributed by atoms with Crippen LogP contribution in [0.15, 0.2) is 29.2 Å². The molecule has 0 aliphatic carbocycles. The third-order valence-electron chi connectivity index (χ3n) is 3.13. The van der Waals surface area contributed by atoms with Crippen molar-refractivity contribution in [1.82, 2.24) is 0 Å². The topological polar surface area (TPSA) is 78.7 Å². The van der Waals surface area contributed by atoms with Gasteiger partial charge in [0.2, 0.25) is 6.29 Å². The monoisotopic (exact) mass is 281 g/mol. The smallest absolute Gasteiger partial charge is 0.269 e. The van der Waals surface area contributed by atoms with E-state index < -0.39 is 11.2 Å². The molecule has 2 bridgehead atoms. The summed E-state index contributed by atoms with van der Waals surface area (Å²) < 4.78 is 10.7. The van der Waals surface area contributed by atoms with Crippen molar-refractivity contribution in [1.29, 1.82) is 0 Å². The van der Waals surface area contributed by atoms with E-state index in [-0.39, 0.29) is 22.8 Å². The predicted octanol–water partition coefficient (Wildman–Crippen LogP) is 1.77. The van der Waals surface area contributed by atoms with Crippen molar-refractivity contribution in [3.8, 4) is 0 Å². The van der Waals surface area contributed by atoms with Crippen LogP contribution in [0.5, 0.6) is 0 Å². The summed E-state index contributed by atoms with van der Waals surface area (Å²) in [4.78, 5) is 22.7. The van der Waals surface area contributed by atoms with E-state index in [9.17, 15) is 14.9 Å². The van der Waals surface area contributed by atoms with Crippen molar-refractivity contribution in [2.75, 3.05) is 6.61 Å². The van der Waals surface area contributed by atoms with Crippen LogP contribution < -0.4 is 0 Å². The Kier molecular flexibility index (Phi) is 3.26. The average Bonchev–Trinajstić information content (AvgIpc) is 2.82. The minimum atomic E-state index is -0.682. The Labute approximate surface area is 113 Å². The van der Waals surface area contributed by atoms with Gasteiger partial charge >= 0.3 is 0 Å². The van der Waals surface area contributed by atoms with Crippen LogP contribution >= 0.6 is 11.8 Å². The number of thioether (sulfide) groups is 1. The molecule has 0 N–H and O–H groups in total. The van der Waals surface area contributed by atoms with Gasteiger partial charge in [-0.25, -0.2) is 0 Å². The Morgan fingerprint density at radius 3 is 2.74 bits per heavy atom. The molecule has 2 heterocycles. The summed E-state index contributed by atoms with van der Waals surface area (Å²) in [5.74, 6) is -0.0341. The second-order valence-electron chi connectivity index (χ2n) is 4.42. The highest BCUT2D eigenvalue weighted by atomic mass is 32.2. The van der Waals surface area contributed by atoms with E-state index in [0.29, 0.717) is 13.0 Å². The molecule has 3 atom stereocenters. The normalized spacial score (nSPS) is 29.5. The first kappa shape index (κ1) is 12.6. The molecule has 3 rings (SSSR count). The Bertz CT molecular complexity index is 517. The molecule has 100 valence electrons. The molecular weight excluding hydrogens is 270 g/mol. The fraction of sp³-hybridized carbons (Fsp3) is 0.417. The number of rotatable bonds is 3. The number of benzene rings is 1. The van der Waals surface area contributed by atoms with Crippen molar-refractivity contribution in [3.05, 3.63) is 34.4 Å². The van der Waals surface area contributed by atoms with Gasteiger partial charge in [0.15, 0.2) is 5.78 Å². The number of non-ortho nitro benzene ring substituents is 1. The molecule has 2 aliphatic heterocycles. The van der Waals surface area contributed by atoms with E-state index in [1.54, 1.807) is 12.1 Å². The Morgan fingerprint density at radius 1 is 1.32 bits per heavy atom. The summed E-state index contributed by atoms with van der Waals surface area (Å²) in [6.45, 7) is 0.432. The summed E-state index contributed by atoms with van der Waals surface area (Å²) in [5, 5.41) is 10.6. The summed E-state index contributed by atoms with van der Waals surface area (Å²) in [6, 6.07) is 6.30. The fourth-order valence-corrected chi connectivity index (χ4v) is 3.33. The molecule has 0 aromatic heterocycles. The van der Waals surface area contributed by atoms with Gasteiger partial charge in [-0.3, -0.25) is 14.9 Å². The molecule has 0 amide bonds. The lowest BCUT2D eigenvalue weighted by Gasteiger charge is -2.25. The molecule has 1 aromatic rings. The van der Waals surface area contributed by atoms with Crippen LogP contribution in [0.1, 0.15) is 6.42 Å². The van der Waals surface area contributed by atoms with Gasteiger partial charge in [-0.2, -0.15) is 0 Å². The van der Waals surface area contributed by atoms with Crippen LogP contribution in [0.3, 0.4) is 0 Å². The summed E-state index contributed by atoms with van der Waals surface area (Å²) in [7, 11) is 0. The lowest BCUT2D eigenvalue weighted by Crippen LogP contribution is -2.37. The van der Waals surface area contributed by atoms with E-state index in [2.05, 4.69) is 0 Å². The summed E-state index contributed by atoms with van der Waals surface area (Å²) >= 11 is 1.50. The Morgan fingerprint density at radius 2 is 2.05 bits per heavy atom. The van der Waals surface area contributed by atoms with Crippen molar-refractivity contribution in [2.24, 2.45) is 0 Å². The maximum absolute atomic E-state index is 11.6. The highest BCUT2D eigenvalue weighted by Gasteiger charge is 2.43. The molecular formula is C12H11NO5S. The molecule has 19 heavy (non-hydrogen) atoms. The molecule has 0 spiro atoms. The van der Waals surface area contributed by atoms with Crippen molar-refractivity contribution >= 4 is 23.2 Å². The minimum absolute atomic E-state index is 0.00714. The number of nitro groups is 1. The summed E-state index contributed by atoms with van der Waals surface area (Å²) in [5.41, 5.74) is 0.0598. The number of fused-ring (bicyclic) bond motifs is 2. The third-order valence-corrected chi connectivity index (χ3v) is 4.44. The average molecular weight is 281 g/mol. The molecule has 1 aromatic carbocycles. The predicted molar refractivity (Wildman–Crippen MR) is 67.0 cm³/mol. The van der Waals surface area contributed by atoms with Crippen LogP contribution in [0, 0.1) is 10.1 Å². The zero-order chi connectivity index (χ0) is 13.4. The SMILES string of the molecule is O=C1C[C@@H](Sc2ccc([N+](=O)[O-])cc2)[C@@H]2CO[C@H]1O2. The standard InChI is InChI=1S/C12H11NO5S/c14-9-5-11(10-6-17-12(9)18-10)19-8-3-1-7(2-4-8)13(15)16/h1-4,10-12H,5-6H2/t10-,11+,12-/m0/s1. The molecule has 2 saturated heterocycles. The number of nitrogens with zero attached hydrogens (tertiary/aromatic N) is 1. The number of carbonyl (C=O) groups is 1. The fourth-order valence-electron chi connectivity index (χ4n) is 2.15. The van der Waals surface area contributed by atoms with Crippen molar-refractivity contribution in [3.63, 3.8) is 0 Å². The summed E-state index contributed by atoms with van der Waals surface area (Å²) in [6.07, 6.45) is -0.349. The highest BCUT2D eigenvalue weighted by Crippen LogP contribution is 2.36. The van der Waals surface area contributed by atoms with Crippen LogP contribution in [0.2, 0.25) is 0 Å². The molecule has 6 nitrogen and oxygen atoms in total. The van der Waals surface area contributed by atoms with Crippen LogP contribution in [-0.4, -0.2) is 35.0 Å². The van der Waals surface area contributed by atoms with E-state index in [0.717, 1.165) is 4.90 Å². The number of carbonyl (C=O) groups excluding carboxylic acids is 1. The number of hydrogen-bond acceptors (Lipinski definition) is 6. The quantitative estimate of drug-likeness (QED) is 0.620. The van der Waals surface area contributed by atoms with Crippen LogP contribution in [0.25, 0.3) is 0 Å². The Hall–Kier alpha value is -1.44. The molecule has 0 radical (unpaired) electrons. The number of Topliss-reactive ketones (excluding diaryl/α,β-unsaturated/α-hetero) is 1. The molecule has 2 aliphatic rings. The number of ether oxygens (including phenoxy) is 2. The zero-order valence-electron chi connectivity index (χ0n) is 9.85. The number of hydrogen-bond donors (Lipinski definition) is 0. The van der Waals surface area contributed by atoms with E-state index in [1.807, 2.05) is 0 Å². The molecule has 0 saturated carbocycles.